The first kappa shape index (κ1) is 13.4. The van der Waals surface area contributed by atoms with Crippen molar-refractivity contribution < 1.29 is 24.6 Å². The van der Waals surface area contributed by atoms with Crippen molar-refractivity contribution in [2.75, 3.05) is 20.1 Å². The molecule has 0 saturated carbocycles. The van der Waals surface area contributed by atoms with Gasteiger partial charge in [0.1, 0.15) is 6.04 Å². The molecule has 0 bridgehead atoms. The minimum atomic E-state index is -1.13. The molecule has 0 aliphatic carbocycles. The average molecular weight is 218 g/mol. The van der Waals surface area contributed by atoms with E-state index >= 15 is 0 Å². The van der Waals surface area contributed by atoms with E-state index in [1.165, 1.54) is 18.9 Å². The summed E-state index contributed by atoms with van der Waals surface area (Å²) in [7, 11) is 1.46. The predicted molar refractivity (Wildman–Crippen MR) is 50.4 cm³/mol. The normalized spacial score (nSPS) is 12.2. The van der Waals surface area contributed by atoms with E-state index in [0.717, 1.165) is 0 Å². The summed E-state index contributed by atoms with van der Waals surface area (Å²) in [5.41, 5.74) is 0. The van der Waals surface area contributed by atoms with Gasteiger partial charge in [0.2, 0.25) is 5.91 Å². The lowest BCUT2D eigenvalue weighted by molar-refractivity contribution is -0.142. The number of carboxylic acids is 2. The number of carbonyl (C=O) groups is 3. The van der Waals surface area contributed by atoms with E-state index < -0.39 is 23.9 Å². The van der Waals surface area contributed by atoms with Gasteiger partial charge in [-0.25, -0.2) is 0 Å². The van der Waals surface area contributed by atoms with Gasteiger partial charge < -0.3 is 15.5 Å². The van der Waals surface area contributed by atoms with Crippen LogP contribution in [0.4, 0.5) is 0 Å². The van der Waals surface area contributed by atoms with Crippen molar-refractivity contribution in [3.8, 4) is 0 Å². The molecule has 0 saturated heterocycles. The second kappa shape index (κ2) is 5.97. The largest absolute Gasteiger partial charge is 0.480 e. The highest BCUT2D eigenvalue weighted by molar-refractivity contribution is 5.84. The van der Waals surface area contributed by atoms with E-state index in [0.29, 0.717) is 0 Å². The summed E-state index contributed by atoms with van der Waals surface area (Å²) in [6, 6.07) is -0.976. The molecule has 0 radical (unpaired) electrons. The zero-order valence-corrected chi connectivity index (χ0v) is 8.56. The van der Waals surface area contributed by atoms with Crippen molar-refractivity contribution in [1.29, 1.82) is 0 Å². The van der Waals surface area contributed by atoms with Crippen LogP contribution in [0.1, 0.15) is 6.92 Å². The van der Waals surface area contributed by atoms with Crippen molar-refractivity contribution in [2.45, 2.75) is 13.0 Å². The Labute approximate surface area is 86.7 Å². The Hall–Kier alpha value is -1.63. The van der Waals surface area contributed by atoms with Gasteiger partial charge in [-0.05, 0) is 14.0 Å². The Morgan fingerprint density at radius 1 is 1.27 bits per heavy atom. The summed E-state index contributed by atoms with van der Waals surface area (Å²) in [6.07, 6.45) is 0. The summed E-state index contributed by atoms with van der Waals surface area (Å²) in [4.78, 5) is 33.0. The smallest absolute Gasteiger partial charge is 0.325 e. The van der Waals surface area contributed by atoms with Crippen LogP contribution in [-0.2, 0) is 14.4 Å². The Bertz CT molecular complexity index is 266. The SMILES string of the molecule is C[C@H](NC(=O)CN(C)CC(=O)O)C(=O)O. The molecule has 15 heavy (non-hydrogen) atoms. The Balaban J connectivity index is 3.93. The van der Waals surface area contributed by atoms with E-state index in [4.69, 9.17) is 10.2 Å². The molecule has 1 amide bonds. The number of likely N-dealkylation sites (N-methyl/N-ethyl adjacent to an activating group) is 1. The molecule has 0 aliphatic rings. The molecule has 1 atom stereocenters. The fraction of sp³-hybridized carbons (Fsp3) is 0.625. The summed E-state index contributed by atoms with van der Waals surface area (Å²) < 4.78 is 0. The molecule has 7 heteroatoms. The van der Waals surface area contributed by atoms with Gasteiger partial charge in [0.15, 0.2) is 0 Å². The topological polar surface area (TPSA) is 107 Å². The first-order chi connectivity index (χ1) is 6.82. The minimum Gasteiger partial charge on any atom is -0.480 e. The average Bonchev–Trinajstić information content (AvgIpc) is 2.00. The van der Waals surface area contributed by atoms with Crippen molar-refractivity contribution in [1.82, 2.24) is 10.2 Å². The van der Waals surface area contributed by atoms with Crippen LogP contribution in [0.25, 0.3) is 0 Å². The third kappa shape index (κ3) is 6.44. The lowest BCUT2D eigenvalue weighted by Crippen LogP contribution is -2.44. The minimum absolute atomic E-state index is 0.149. The van der Waals surface area contributed by atoms with Crippen molar-refractivity contribution in [3.05, 3.63) is 0 Å². The van der Waals surface area contributed by atoms with Crippen LogP contribution < -0.4 is 5.32 Å². The highest BCUT2D eigenvalue weighted by atomic mass is 16.4. The van der Waals surface area contributed by atoms with Gasteiger partial charge in [0.05, 0.1) is 13.1 Å². The molecule has 0 unspecified atom stereocenters. The Kier molecular flexibility index (Phi) is 5.32. The molecule has 0 rings (SSSR count). The fourth-order valence-corrected chi connectivity index (χ4v) is 0.881. The predicted octanol–water partition coefficient (Wildman–Crippen LogP) is -1.41. The number of hydrogen-bond donors (Lipinski definition) is 3. The zero-order valence-electron chi connectivity index (χ0n) is 8.56. The molecule has 0 aromatic carbocycles. The molecule has 0 heterocycles. The van der Waals surface area contributed by atoms with Crippen LogP contribution in [0.15, 0.2) is 0 Å². The number of carbonyl (C=O) groups excluding carboxylic acids is 1. The third-order valence-corrected chi connectivity index (χ3v) is 1.57. The molecule has 0 aliphatic heterocycles. The number of nitrogens with one attached hydrogen (secondary N) is 1. The first-order valence-corrected chi connectivity index (χ1v) is 4.25. The molecule has 0 fully saturated rings. The number of amides is 1. The van der Waals surface area contributed by atoms with Crippen LogP contribution >= 0.6 is 0 Å². The van der Waals surface area contributed by atoms with Crippen LogP contribution in [-0.4, -0.2) is 59.1 Å². The fourth-order valence-electron chi connectivity index (χ4n) is 0.881. The number of nitrogens with zero attached hydrogens (tertiary/aromatic N) is 1. The van der Waals surface area contributed by atoms with Gasteiger partial charge in [0, 0.05) is 0 Å². The molecule has 86 valence electrons. The summed E-state index contributed by atoms with van der Waals surface area (Å²) >= 11 is 0. The quantitative estimate of drug-likeness (QED) is 0.505. The van der Waals surface area contributed by atoms with Crippen molar-refractivity contribution >= 4 is 17.8 Å². The lowest BCUT2D eigenvalue weighted by Gasteiger charge is -2.15. The van der Waals surface area contributed by atoms with E-state index in [9.17, 15) is 14.4 Å². The number of aliphatic carboxylic acids is 2. The zero-order chi connectivity index (χ0) is 12.0. The number of carboxylic acid groups (broad SMARTS) is 2. The van der Waals surface area contributed by atoms with Gasteiger partial charge in [-0.3, -0.25) is 19.3 Å². The van der Waals surface area contributed by atoms with E-state index in [1.807, 2.05) is 0 Å². The molecule has 0 spiro atoms. The van der Waals surface area contributed by atoms with Crippen LogP contribution in [0.5, 0.6) is 0 Å². The Morgan fingerprint density at radius 2 is 1.80 bits per heavy atom. The maximum atomic E-state index is 11.1. The van der Waals surface area contributed by atoms with Gasteiger partial charge in [-0.2, -0.15) is 0 Å². The second-order valence-corrected chi connectivity index (χ2v) is 3.19. The second-order valence-electron chi connectivity index (χ2n) is 3.19. The third-order valence-electron chi connectivity index (χ3n) is 1.57. The highest BCUT2D eigenvalue weighted by Gasteiger charge is 2.15. The van der Waals surface area contributed by atoms with Gasteiger partial charge in [-0.1, -0.05) is 0 Å². The van der Waals surface area contributed by atoms with Crippen LogP contribution in [0, 0.1) is 0 Å². The molecular formula is C8H14N2O5. The van der Waals surface area contributed by atoms with Crippen LogP contribution in [0.2, 0.25) is 0 Å². The summed E-state index contributed by atoms with van der Waals surface area (Å²) in [5.74, 6) is -2.70. The summed E-state index contributed by atoms with van der Waals surface area (Å²) in [5, 5.41) is 19.1. The van der Waals surface area contributed by atoms with E-state index in [-0.39, 0.29) is 13.1 Å². The van der Waals surface area contributed by atoms with E-state index in [1.54, 1.807) is 0 Å². The molecule has 7 nitrogen and oxygen atoms in total. The van der Waals surface area contributed by atoms with Gasteiger partial charge >= 0.3 is 11.9 Å². The Morgan fingerprint density at radius 3 is 2.20 bits per heavy atom. The van der Waals surface area contributed by atoms with Crippen molar-refractivity contribution in [2.24, 2.45) is 0 Å². The maximum Gasteiger partial charge on any atom is 0.325 e. The first-order valence-electron chi connectivity index (χ1n) is 4.25. The lowest BCUT2D eigenvalue weighted by atomic mass is 10.3. The molecular weight excluding hydrogens is 204 g/mol. The highest BCUT2D eigenvalue weighted by Crippen LogP contribution is 1.85. The molecule has 3 N–H and O–H groups in total. The maximum absolute atomic E-state index is 11.1. The van der Waals surface area contributed by atoms with Gasteiger partial charge in [0.25, 0.3) is 0 Å². The van der Waals surface area contributed by atoms with Crippen molar-refractivity contribution in [3.63, 3.8) is 0 Å². The van der Waals surface area contributed by atoms with Crippen LogP contribution in [0.3, 0.4) is 0 Å². The number of hydrogen-bond acceptors (Lipinski definition) is 4. The molecule has 0 aromatic rings. The number of rotatable bonds is 6. The van der Waals surface area contributed by atoms with E-state index in [2.05, 4.69) is 5.32 Å². The molecule has 0 aromatic heterocycles. The standard InChI is InChI=1S/C8H14N2O5/c1-5(8(14)15)9-6(11)3-10(2)4-7(12)13/h5H,3-4H2,1-2H3,(H,9,11)(H,12,13)(H,14,15)/t5-/m0/s1. The monoisotopic (exact) mass is 218 g/mol. The van der Waals surface area contributed by atoms with Gasteiger partial charge in [-0.15, -0.1) is 0 Å². The summed E-state index contributed by atoms with van der Waals surface area (Å²) in [6.45, 7) is 0.913.